The Kier molecular flexibility index (Phi) is 12.2. The predicted molar refractivity (Wildman–Crippen MR) is 148 cm³/mol. The Morgan fingerprint density at radius 2 is 1.54 bits per heavy atom. The topological polar surface area (TPSA) is 133 Å². The Labute approximate surface area is 238 Å². The van der Waals surface area contributed by atoms with Crippen molar-refractivity contribution in [3.05, 3.63) is 59.7 Å². The molecular weight excluding hydrogens is 563 g/mol. The van der Waals surface area contributed by atoms with Crippen LogP contribution in [0.25, 0.3) is 0 Å². The van der Waals surface area contributed by atoms with Gasteiger partial charge in [-0.2, -0.15) is 13.2 Å². The van der Waals surface area contributed by atoms with Gasteiger partial charge in [0.25, 0.3) is 15.9 Å². The molecule has 1 fully saturated rings. The van der Waals surface area contributed by atoms with Crippen LogP contribution in [0.5, 0.6) is 0 Å². The van der Waals surface area contributed by atoms with Gasteiger partial charge in [-0.05, 0) is 67.1 Å². The minimum atomic E-state index is -5.08. The molecular formula is C28H36F3N3O6S. The summed E-state index contributed by atoms with van der Waals surface area (Å²) in [5.74, 6) is -2.45. The first-order valence-electron chi connectivity index (χ1n) is 13.2. The molecule has 41 heavy (non-hydrogen) atoms. The second kappa shape index (κ2) is 14.9. The molecule has 1 aliphatic rings. The summed E-state index contributed by atoms with van der Waals surface area (Å²) in [7, 11) is -3.71. The number of sulfonamides is 1. The van der Waals surface area contributed by atoms with E-state index in [9.17, 15) is 31.2 Å². The number of alkyl halides is 3. The predicted octanol–water partition coefficient (Wildman–Crippen LogP) is 4.70. The number of carbonyl (C=O) groups is 3. The molecule has 2 amide bonds. The van der Waals surface area contributed by atoms with E-state index in [2.05, 4.69) is 30.8 Å². The third kappa shape index (κ3) is 10.7. The van der Waals surface area contributed by atoms with Gasteiger partial charge in [0.15, 0.2) is 0 Å². The van der Waals surface area contributed by atoms with Gasteiger partial charge >= 0.3 is 12.1 Å². The molecule has 0 radical (unpaired) electrons. The summed E-state index contributed by atoms with van der Waals surface area (Å²) in [4.78, 5) is 36.0. The van der Waals surface area contributed by atoms with E-state index in [0.29, 0.717) is 49.6 Å². The fourth-order valence-corrected chi connectivity index (χ4v) is 5.05. The lowest BCUT2D eigenvalue weighted by atomic mass is 9.95. The Morgan fingerprint density at radius 3 is 2.00 bits per heavy atom. The number of anilines is 1. The molecule has 1 aliphatic heterocycles. The van der Waals surface area contributed by atoms with Crippen LogP contribution in [0.2, 0.25) is 0 Å². The zero-order chi connectivity index (χ0) is 30.8. The molecule has 1 saturated heterocycles. The van der Waals surface area contributed by atoms with E-state index in [0.717, 1.165) is 18.4 Å². The molecule has 0 spiro atoms. The molecule has 226 valence electrons. The van der Waals surface area contributed by atoms with Crippen LogP contribution in [0.3, 0.4) is 0 Å². The van der Waals surface area contributed by atoms with Gasteiger partial charge in [0.1, 0.15) is 0 Å². The van der Waals surface area contributed by atoms with E-state index < -0.39 is 22.2 Å². The van der Waals surface area contributed by atoms with Gasteiger partial charge in [-0.25, -0.2) is 13.2 Å². The lowest BCUT2D eigenvalue weighted by Crippen LogP contribution is -2.43. The van der Waals surface area contributed by atoms with Crippen molar-refractivity contribution in [3.8, 4) is 0 Å². The number of piperidine rings is 1. The van der Waals surface area contributed by atoms with Crippen LogP contribution in [-0.4, -0.2) is 62.0 Å². The van der Waals surface area contributed by atoms with Crippen molar-refractivity contribution >= 4 is 33.5 Å². The smallest absolute Gasteiger partial charge is 0.475 e. The van der Waals surface area contributed by atoms with Crippen molar-refractivity contribution in [2.24, 2.45) is 11.8 Å². The van der Waals surface area contributed by atoms with E-state index in [-0.39, 0.29) is 22.6 Å². The fraction of sp³-hybridized carbons (Fsp3) is 0.464. The van der Waals surface area contributed by atoms with Crippen molar-refractivity contribution < 1.29 is 41.1 Å². The SMILES string of the molecule is CCCc1ccc(S(=O)(=O)Nc2ccc(C(=O)N3CCC(C(=O)NCC(C)C)CC3)cc2)cc1.O=C(O)C(F)(F)F. The minimum absolute atomic E-state index is 0.0596. The second-order valence-electron chi connectivity index (χ2n) is 10.1. The van der Waals surface area contributed by atoms with Crippen LogP contribution in [0, 0.1) is 11.8 Å². The highest BCUT2D eigenvalue weighted by atomic mass is 32.2. The number of carboxylic acid groups (broad SMARTS) is 1. The largest absolute Gasteiger partial charge is 0.490 e. The first-order chi connectivity index (χ1) is 19.1. The van der Waals surface area contributed by atoms with E-state index in [1.165, 1.54) is 0 Å². The van der Waals surface area contributed by atoms with Crippen LogP contribution in [-0.2, 0) is 26.0 Å². The number of carbonyl (C=O) groups excluding carboxylic acids is 2. The van der Waals surface area contributed by atoms with Crippen LogP contribution in [0.1, 0.15) is 56.0 Å². The number of nitrogens with one attached hydrogen (secondary N) is 2. The molecule has 2 aromatic rings. The van der Waals surface area contributed by atoms with E-state index in [1.54, 1.807) is 41.3 Å². The third-order valence-electron chi connectivity index (χ3n) is 6.24. The first kappa shape index (κ1) is 33.6. The van der Waals surface area contributed by atoms with Gasteiger partial charge in [0, 0.05) is 36.8 Å². The standard InChI is InChI=1S/C26H35N3O4S.C2HF3O2/c1-4-5-20-6-12-24(13-7-20)34(32,33)28-23-10-8-22(9-11-23)26(31)29-16-14-21(15-17-29)25(30)27-18-19(2)3;3-2(4,5)1(6)7/h6-13,19,21,28H,4-5,14-18H2,1-3H3,(H,27,30);(H,6,7). The Bertz CT molecular complexity index is 1270. The van der Waals surface area contributed by atoms with Crippen LogP contribution in [0.15, 0.2) is 53.4 Å². The highest BCUT2D eigenvalue weighted by Gasteiger charge is 2.38. The first-order valence-corrected chi connectivity index (χ1v) is 14.7. The minimum Gasteiger partial charge on any atom is -0.475 e. The Balaban J connectivity index is 0.000000745. The van der Waals surface area contributed by atoms with Gasteiger partial charge in [0.05, 0.1) is 4.90 Å². The van der Waals surface area contributed by atoms with Crippen LogP contribution < -0.4 is 10.0 Å². The summed E-state index contributed by atoms with van der Waals surface area (Å²) in [6, 6.07) is 13.3. The van der Waals surface area contributed by atoms with Gasteiger partial charge in [0.2, 0.25) is 5.91 Å². The number of carboxylic acids is 1. The molecule has 13 heteroatoms. The normalized spacial score (nSPS) is 14.2. The maximum Gasteiger partial charge on any atom is 0.490 e. The molecule has 0 unspecified atom stereocenters. The molecule has 1 heterocycles. The highest BCUT2D eigenvalue weighted by molar-refractivity contribution is 7.92. The molecule has 3 N–H and O–H groups in total. The molecule has 0 atom stereocenters. The number of hydrogen-bond donors (Lipinski definition) is 3. The number of rotatable bonds is 9. The Morgan fingerprint density at radius 1 is 1.00 bits per heavy atom. The monoisotopic (exact) mass is 599 g/mol. The summed E-state index contributed by atoms with van der Waals surface area (Å²) < 4.78 is 59.7. The quantitative estimate of drug-likeness (QED) is 0.383. The molecule has 9 nitrogen and oxygen atoms in total. The summed E-state index contributed by atoms with van der Waals surface area (Å²) in [5.41, 5.74) is 1.99. The number of halogens is 3. The molecule has 3 rings (SSSR count). The van der Waals surface area contributed by atoms with Crippen molar-refractivity contribution in [1.82, 2.24) is 10.2 Å². The number of likely N-dealkylation sites (tertiary alicyclic amines) is 1. The lowest BCUT2D eigenvalue weighted by Gasteiger charge is -2.31. The zero-order valence-corrected chi connectivity index (χ0v) is 24.0. The van der Waals surface area contributed by atoms with Gasteiger partial charge in [-0.15, -0.1) is 0 Å². The second-order valence-corrected chi connectivity index (χ2v) is 11.8. The third-order valence-corrected chi connectivity index (χ3v) is 7.63. The average molecular weight is 600 g/mol. The maximum atomic E-state index is 12.9. The average Bonchev–Trinajstić information content (AvgIpc) is 2.92. The molecule has 0 bridgehead atoms. The fourth-order valence-electron chi connectivity index (χ4n) is 4.00. The van der Waals surface area contributed by atoms with Crippen LogP contribution in [0.4, 0.5) is 18.9 Å². The number of aliphatic carboxylic acids is 1. The van der Waals surface area contributed by atoms with Gasteiger partial charge in [-0.1, -0.05) is 39.3 Å². The molecule has 2 aromatic carbocycles. The van der Waals surface area contributed by atoms with Crippen molar-refractivity contribution in [1.29, 1.82) is 0 Å². The maximum absolute atomic E-state index is 12.9. The van der Waals surface area contributed by atoms with Crippen LogP contribution >= 0.6 is 0 Å². The highest BCUT2D eigenvalue weighted by Crippen LogP contribution is 2.22. The molecule has 0 aliphatic carbocycles. The van der Waals surface area contributed by atoms with Gasteiger partial charge in [-0.3, -0.25) is 14.3 Å². The summed E-state index contributed by atoms with van der Waals surface area (Å²) in [5, 5.41) is 10.1. The molecule has 0 aromatic heterocycles. The number of aryl methyl sites for hydroxylation is 1. The summed E-state index contributed by atoms with van der Waals surface area (Å²) >= 11 is 0. The van der Waals surface area contributed by atoms with E-state index in [4.69, 9.17) is 9.90 Å². The number of amides is 2. The van der Waals surface area contributed by atoms with Gasteiger partial charge < -0.3 is 15.3 Å². The van der Waals surface area contributed by atoms with E-state index in [1.807, 2.05) is 12.1 Å². The summed E-state index contributed by atoms with van der Waals surface area (Å²) in [6.07, 6.45) is -1.89. The van der Waals surface area contributed by atoms with Crippen molar-refractivity contribution in [2.75, 3.05) is 24.4 Å². The Hall–Kier alpha value is -3.61. The molecule has 0 saturated carbocycles. The van der Waals surface area contributed by atoms with E-state index >= 15 is 0 Å². The number of nitrogens with zero attached hydrogens (tertiary/aromatic N) is 1. The number of hydrogen-bond acceptors (Lipinski definition) is 5. The zero-order valence-electron chi connectivity index (χ0n) is 23.2. The number of benzene rings is 2. The van der Waals surface area contributed by atoms with Crippen molar-refractivity contribution in [3.63, 3.8) is 0 Å². The lowest BCUT2D eigenvalue weighted by molar-refractivity contribution is -0.192. The summed E-state index contributed by atoms with van der Waals surface area (Å²) in [6.45, 7) is 7.92. The van der Waals surface area contributed by atoms with Crippen molar-refractivity contribution in [2.45, 2.75) is 57.5 Å².